The molecule has 3 fully saturated rings. The molecule has 3 saturated heterocycles. The van der Waals surface area contributed by atoms with Gasteiger partial charge in [0.2, 0.25) is 11.8 Å². The van der Waals surface area contributed by atoms with E-state index in [1.807, 2.05) is 0 Å². The first-order valence-corrected chi connectivity index (χ1v) is 12.8. The van der Waals surface area contributed by atoms with Crippen molar-refractivity contribution < 1.29 is 29.0 Å². The lowest BCUT2D eigenvalue weighted by Gasteiger charge is -2.37. The molecule has 6 atom stereocenters. The Morgan fingerprint density at radius 3 is 2.50 bits per heavy atom. The Kier molecular flexibility index (Phi) is 7.59. The molecule has 2 bridgehead atoms. The third-order valence-corrected chi connectivity index (χ3v) is 8.23. The zero-order valence-corrected chi connectivity index (χ0v) is 22.1. The predicted octanol–water partition coefficient (Wildman–Crippen LogP) is 1.60. The van der Waals surface area contributed by atoms with Crippen LogP contribution in [-0.4, -0.2) is 95.6 Å². The molecule has 9 nitrogen and oxygen atoms in total. The molecular formula is C26H32BrN3O6. The zero-order chi connectivity index (χ0) is 26.2. The van der Waals surface area contributed by atoms with Crippen LogP contribution in [0.4, 0.5) is 5.69 Å². The molecule has 1 aromatic rings. The Morgan fingerprint density at radius 1 is 1.25 bits per heavy atom. The summed E-state index contributed by atoms with van der Waals surface area (Å²) in [4.78, 5) is 45.7. The maximum Gasteiger partial charge on any atom is 0.253 e. The summed E-state index contributed by atoms with van der Waals surface area (Å²) in [6.07, 6.45) is 3.09. The number of anilines is 1. The highest BCUT2D eigenvalue weighted by atomic mass is 79.9. The van der Waals surface area contributed by atoms with Gasteiger partial charge in [0, 0.05) is 37.2 Å². The van der Waals surface area contributed by atoms with E-state index in [1.54, 1.807) is 55.5 Å². The second-order valence-corrected chi connectivity index (χ2v) is 10.5. The van der Waals surface area contributed by atoms with Gasteiger partial charge in [-0.05, 0) is 30.7 Å². The highest BCUT2D eigenvalue weighted by Crippen LogP contribution is 2.60. The largest absolute Gasteiger partial charge is 0.497 e. The van der Waals surface area contributed by atoms with E-state index in [0.29, 0.717) is 24.4 Å². The van der Waals surface area contributed by atoms with Crippen molar-refractivity contribution in [3.8, 4) is 5.75 Å². The van der Waals surface area contributed by atoms with Gasteiger partial charge in [0.1, 0.15) is 17.4 Å². The number of ether oxygens (including phenoxy) is 2. The standard InChI is InChI=1S/C26H32BrN3O6/c1-5-11-28(3)23(32)19-20-24(33)30(13-14-31)22(26(20)15-18(27)21(19)36-26)25(34)29(12-6-2)16-7-9-17(35-4)10-8-16/h5-10,18-22,31H,1-2,11-15H2,3-4H3/t18?,19-,20+,21-,22?,26?/m1/s1. The van der Waals surface area contributed by atoms with Gasteiger partial charge >= 0.3 is 0 Å². The van der Waals surface area contributed by atoms with E-state index in [-0.39, 0.29) is 42.2 Å². The molecule has 1 spiro atoms. The van der Waals surface area contributed by atoms with Gasteiger partial charge in [0.15, 0.2) is 0 Å². The van der Waals surface area contributed by atoms with Crippen LogP contribution in [0.3, 0.4) is 0 Å². The summed E-state index contributed by atoms with van der Waals surface area (Å²) in [5.41, 5.74) is -0.582. The number of hydrogen-bond donors (Lipinski definition) is 1. The number of likely N-dealkylation sites (tertiary alicyclic amines) is 1. The summed E-state index contributed by atoms with van der Waals surface area (Å²) < 4.78 is 11.7. The fraction of sp³-hybridized carbons (Fsp3) is 0.500. The number of carbonyl (C=O) groups is 3. The van der Waals surface area contributed by atoms with Crippen molar-refractivity contribution in [2.24, 2.45) is 11.8 Å². The SMILES string of the molecule is C=CCN(C)C(=O)[C@H]1[C@@H]2OC3(CC2Br)C(C(=O)N(CC=C)c2ccc(OC)cc2)N(CCO)C(=O)[C@H]13. The molecule has 0 aromatic heterocycles. The number of methoxy groups -OCH3 is 1. The first-order valence-electron chi connectivity index (χ1n) is 11.9. The van der Waals surface area contributed by atoms with Crippen molar-refractivity contribution in [1.82, 2.24) is 9.80 Å². The summed E-state index contributed by atoms with van der Waals surface area (Å²) in [5, 5.41) is 9.79. The molecule has 3 heterocycles. The number of hydrogen-bond acceptors (Lipinski definition) is 6. The van der Waals surface area contributed by atoms with Gasteiger partial charge in [0.25, 0.3) is 5.91 Å². The Bertz CT molecular complexity index is 1050. The summed E-state index contributed by atoms with van der Waals surface area (Å²) in [7, 11) is 3.22. The number of benzene rings is 1. The number of nitrogens with zero attached hydrogens (tertiary/aromatic N) is 3. The molecule has 0 radical (unpaired) electrons. The average Bonchev–Trinajstić information content (AvgIpc) is 3.46. The fourth-order valence-corrected chi connectivity index (χ4v) is 6.88. The number of aliphatic hydroxyl groups is 1. The maximum atomic E-state index is 14.2. The zero-order valence-electron chi connectivity index (χ0n) is 20.5. The average molecular weight is 562 g/mol. The van der Waals surface area contributed by atoms with Crippen LogP contribution in [0.2, 0.25) is 0 Å². The summed E-state index contributed by atoms with van der Waals surface area (Å²) >= 11 is 3.66. The van der Waals surface area contributed by atoms with Gasteiger partial charge in [-0.15, -0.1) is 13.2 Å². The van der Waals surface area contributed by atoms with E-state index in [2.05, 4.69) is 29.1 Å². The predicted molar refractivity (Wildman–Crippen MR) is 138 cm³/mol. The quantitative estimate of drug-likeness (QED) is 0.344. The van der Waals surface area contributed by atoms with Crippen molar-refractivity contribution in [2.45, 2.75) is 29.0 Å². The monoisotopic (exact) mass is 561 g/mol. The lowest BCUT2D eigenvalue weighted by atomic mass is 9.70. The van der Waals surface area contributed by atoms with E-state index >= 15 is 0 Å². The second-order valence-electron chi connectivity index (χ2n) is 9.36. The van der Waals surface area contributed by atoms with E-state index < -0.39 is 29.6 Å². The minimum Gasteiger partial charge on any atom is -0.497 e. The Labute approximate surface area is 219 Å². The molecule has 1 N–H and O–H groups in total. The van der Waals surface area contributed by atoms with Crippen LogP contribution >= 0.6 is 15.9 Å². The normalized spacial score (nSPS) is 30.2. The van der Waals surface area contributed by atoms with Crippen molar-refractivity contribution in [3.05, 3.63) is 49.6 Å². The van der Waals surface area contributed by atoms with Crippen molar-refractivity contribution in [2.75, 3.05) is 45.3 Å². The van der Waals surface area contributed by atoms with Gasteiger partial charge in [-0.1, -0.05) is 28.1 Å². The lowest BCUT2D eigenvalue weighted by Crippen LogP contribution is -2.57. The van der Waals surface area contributed by atoms with Crippen LogP contribution in [0, 0.1) is 11.8 Å². The lowest BCUT2D eigenvalue weighted by molar-refractivity contribution is -0.144. The molecule has 0 saturated carbocycles. The molecule has 4 rings (SSSR count). The van der Waals surface area contributed by atoms with Crippen molar-refractivity contribution in [1.29, 1.82) is 0 Å². The Hall–Kier alpha value is -2.69. The molecule has 0 aliphatic carbocycles. The number of aliphatic hydroxyl groups excluding tert-OH is 1. The van der Waals surface area contributed by atoms with E-state index in [0.717, 1.165) is 0 Å². The molecule has 3 unspecified atom stereocenters. The minimum atomic E-state index is -1.19. The van der Waals surface area contributed by atoms with Crippen LogP contribution < -0.4 is 9.64 Å². The molecule has 3 aliphatic rings. The third-order valence-electron chi connectivity index (χ3n) is 7.39. The van der Waals surface area contributed by atoms with Gasteiger partial charge in [-0.2, -0.15) is 0 Å². The van der Waals surface area contributed by atoms with Crippen LogP contribution in [0.1, 0.15) is 6.42 Å². The van der Waals surface area contributed by atoms with Crippen LogP contribution in [-0.2, 0) is 19.1 Å². The molecule has 3 aliphatic heterocycles. The molecular weight excluding hydrogens is 530 g/mol. The number of halogens is 1. The first-order chi connectivity index (χ1) is 17.2. The Morgan fingerprint density at radius 2 is 1.92 bits per heavy atom. The topological polar surface area (TPSA) is 99.6 Å². The van der Waals surface area contributed by atoms with E-state index in [9.17, 15) is 19.5 Å². The molecule has 194 valence electrons. The maximum absolute atomic E-state index is 14.2. The fourth-order valence-electron chi connectivity index (χ4n) is 5.94. The van der Waals surface area contributed by atoms with Crippen molar-refractivity contribution in [3.63, 3.8) is 0 Å². The second kappa shape index (κ2) is 10.4. The minimum absolute atomic E-state index is 0.0393. The molecule has 1 aromatic carbocycles. The number of alkyl halides is 1. The van der Waals surface area contributed by atoms with Crippen LogP contribution in [0.5, 0.6) is 5.75 Å². The van der Waals surface area contributed by atoms with Gasteiger partial charge < -0.3 is 29.3 Å². The van der Waals surface area contributed by atoms with E-state index in [4.69, 9.17) is 9.47 Å². The number of β-amino-alcohol motifs (C(OH)–C–C–N with tert-alkyl or cyclic N) is 1. The van der Waals surface area contributed by atoms with Crippen molar-refractivity contribution >= 4 is 39.3 Å². The van der Waals surface area contributed by atoms with Gasteiger partial charge in [0.05, 0.1) is 31.7 Å². The van der Waals surface area contributed by atoms with Crippen LogP contribution in [0.25, 0.3) is 0 Å². The number of rotatable bonds is 10. The highest BCUT2D eigenvalue weighted by molar-refractivity contribution is 9.09. The first kappa shape index (κ1) is 26.4. The summed E-state index contributed by atoms with van der Waals surface area (Å²) in [6.45, 7) is 7.67. The number of carbonyl (C=O) groups excluding carboxylic acids is 3. The molecule has 36 heavy (non-hydrogen) atoms. The number of amides is 3. The molecule has 10 heteroatoms. The smallest absolute Gasteiger partial charge is 0.253 e. The van der Waals surface area contributed by atoms with Gasteiger partial charge in [-0.3, -0.25) is 14.4 Å². The van der Waals surface area contributed by atoms with E-state index in [1.165, 1.54) is 9.80 Å². The van der Waals surface area contributed by atoms with Crippen LogP contribution in [0.15, 0.2) is 49.6 Å². The molecule has 3 amide bonds. The Balaban J connectivity index is 1.77. The highest BCUT2D eigenvalue weighted by Gasteiger charge is 2.76. The number of likely N-dealkylation sites (N-methyl/N-ethyl adjacent to an activating group) is 1. The third kappa shape index (κ3) is 4.05. The van der Waals surface area contributed by atoms with Gasteiger partial charge in [-0.25, -0.2) is 0 Å². The number of fused-ring (bicyclic) bond motifs is 1. The summed E-state index contributed by atoms with van der Waals surface area (Å²) in [6, 6.07) is 6.03. The summed E-state index contributed by atoms with van der Waals surface area (Å²) in [5.74, 6) is -1.84.